The van der Waals surface area contributed by atoms with Crippen molar-refractivity contribution in [2.24, 2.45) is 0 Å². The summed E-state index contributed by atoms with van der Waals surface area (Å²) in [6.45, 7) is 4.44. The third kappa shape index (κ3) is 2.62. The average molecular weight is 196 g/mol. The first-order valence-electron chi connectivity index (χ1n) is 3.80. The molecule has 1 fully saturated rings. The van der Waals surface area contributed by atoms with Crippen LogP contribution >= 0.6 is 12.4 Å². The minimum Gasteiger partial charge on any atom is -0.480 e. The highest BCUT2D eigenvalue weighted by molar-refractivity contribution is 5.85. The number of likely N-dealkylation sites (N-methyl/N-ethyl adjacent to an activating group) is 1. The zero-order valence-electron chi connectivity index (χ0n) is 7.02. The number of ether oxygens (including phenoxy) is 1. The lowest BCUT2D eigenvalue weighted by Crippen LogP contribution is -2.49. The van der Waals surface area contributed by atoms with Crippen molar-refractivity contribution in [2.75, 3.05) is 26.3 Å². The number of carbonyl (C=O) groups is 1. The van der Waals surface area contributed by atoms with Gasteiger partial charge in [-0.3, -0.25) is 9.69 Å². The smallest absolute Gasteiger partial charge is 0.323 e. The van der Waals surface area contributed by atoms with Gasteiger partial charge in [-0.1, -0.05) is 6.92 Å². The van der Waals surface area contributed by atoms with Gasteiger partial charge in [-0.15, -0.1) is 12.4 Å². The lowest BCUT2D eigenvalue weighted by atomic mass is 10.2. The van der Waals surface area contributed by atoms with Crippen molar-refractivity contribution in [3.63, 3.8) is 0 Å². The number of morpholine rings is 1. The number of nitrogens with zero attached hydrogens (tertiary/aromatic N) is 1. The lowest BCUT2D eigenvalue weighted by Gasteiger charge is -2.31. The van der Waals surface area contributed by atoms with Crippen molar-refractivity contribution in [3.05, 3.63) is 0 Å². The topological polar surface area (TPSA) is 49.8 Å². The van der Waals surface area contributed by atoms with Crippen LogP contribution in [0.1, 0.15) is 6.92 Å². The van der Waals surface area contributed by atoms with Crippen LogP contribution in [0.2, 0.25) is 0 Å². The van der Waals surface area contributed by atoms with Crippen LogP contribution in [0.15, 0.2) is 0 Å². The molecule has 0 bridgehead atoms. The monoisotopic (exact) mass is 195 g/mol. The summed E-state index contributed by atoms with van der Waals surface area (Å²) in [5.74, 6) is -0.786. The van der Waals surface area contributed by atoms with Gasteiger partial charge in [0, 0.05) is 6.54 Å². The summed E-state index contributed by atoms with van der Waals surface area (Å²) >= 11 is 0. The Morgan fingerprint density at radius 3 is 2.83 bits per heavy atom. The van der Waals surface area contributed by atoms with Gasteiger partial charge in [0.15, 0.2) is 0 Å². The summed E-state index contributed by atoms with van der Waals surface area (Å²) in [6.07, 6.45) is 0. The molecule has 0 saturated carbocycles. The maximum absolute atomic E-state index is 10.6. The van der Waals surface area contributed by atoms with E-state index in [-0.39, 0.29) is 12.4 Å². The predicted molar refractivity (Wildman–Crippen MR) is 46.7 cm³/mol. The highest BCUT2D eigenvalue weighted by Gasteiger charge is 2.27. The summed E-state index contributed by atoms with van der Waals surface area (Å²) in [5, 5.41) is 8.72. The summed E-state index contributed by atoms with van der Waals surface area (Å²) in [4.78, 5) is 12.5. The highest BCUT2D eigenvalue weighted by atomic mass is 35.5. The number of halogens is 1. The van der Waals surface area contributed by atoms with Crippen molar-refractivity contribution >= 4 is 18.4 Å². The molecule has 0 aliphatic carbocycles. The number of carboxylic acids is 1. The maximum atomic E-state index is 10.6. The van der Waals surface area contributed by atoms with E-state index < -0.39 is 12.0 Å². The van der Waals surface area contributed by atoms with Crippen molar-refractivity contribution in [3.8, 4) is 0 Å². The molecule has 0 aromatic heterocycles. The zero-order chi connectivity index (χ0) is 8.27. The quantitative estimate of drug-likeness (QED) is 0.685. The van der Waals surface area contributed by atoms with E-state index >= 15 is 0 Å². The van der Waals surface area contributed by atoms with Crippen LogP contribution in [0.5, 0.6) is 0 Å². The second-order valence-electron chi connectivity index (χ2n) is 2.56. The molecule has 1 aliphatic heterocycles. The van der Waals surface area contributed by atoms with Gasteiger partial charge in [-0.2, -0.15) is 0 Å². The first-order valence-corrected chi connectivity index (χ1v) is 3.80. The van der Waals surface area contributed by atoms with E-state index in [9.17, 15) is 4.79 Å². The fourth-order valence-electron chi connectivity index (χ4n) is 1.24. The van der Waals surface area contributed by atoms with Crippen molar-refractivity contribution < 1.29 is 14.6 Å². The van der Waals surface area contributed by atoms with Gasteiger partial charge in [0.1, 0.15) is 6.04 Å². The van der Waals surface area contributed by atoms with E-state index in [1.54, 1.807) is 0 Å². The first-order chi connectivity index (χ1) is 5.25. The summed E-state index contributed by atoms with van der Waals surface area (Å²) in [6, 6.07) is -0.436. The molecule has 1 N–H and O–H groups in total. The van der Waals surface area contributed by atoms with Crippen LogP contribution in [0.25, 0.3) is 0 Å². The molecule has 5 heteroatoms. The van der Waals surface area contributed by atoms with E-state index in [1.807, 2.05) is 11.8 Å². The minimum atomic E-state index is -0.786. The molecule has 1 unspecified atom stereocenters. The first kappa shape index (κ1) is 11.7. The predicted octanol–water partition coefficient (Wildman–Crippen LogP) is 0.214. The van der Waals surface area contributed by atoms with E-state index in [0.29, 0.717) is 13.2 Å². The molecule has 72 valence electrons. The van der Waals surface area contributed by atoms with Crippen molar-refractivity contribution in [1.82, 2.24) is 4.90 Å². The summed E-state index contributed by atoms with van der Waals surface area (Å²) in [7, 11) is 0. The van der Waals surface area contributed by atoms with E-state index in [1.165, 1.54) is 0 Å². The number of aliphatic carboxylic acids is 1. The van der Waals surface area contributed by atoms with Crippen LogP contribution < -0.4 is 0 Å². The molecular formula is C7H14ClNO3. The van der Waals surface area contributed by atoms with Crippen LogP contribution in [-0.4, -0.2) is 48.3 Å². The second-order valence-corrected chi connectivity index (χ2v) is 2.56. The fraction of sp³-hybridized carbons (Fsp3) is 0.857. The zero-order valence-corrected chi connectivity index (χ0v) is 7.84. The van der Waals surface area contributed by atoms with Crippen LogP contribution in [0.4, 0.5) is 0 Å². The van der Waals surface area contributed by atoms with Gasteiger partial charge in [0.2, 0.25) is 0 Å². The molecule has 0 aromatic rings. The lowest BCUT2D eigenvalue weighted by molar-refractivity contribution is -0.149. The van der Waals surface area contributed by atoms with Gasteiger partial charge < -0.3 is 9.84 Å². The summed E-state index contributed by atoms with van der Waals surface area (Å²) in [5.41, 5.74) is 0. The van der Waals surface area contributed by atoms with E-state index in [0.717, 1.165) is 13.1 Å². The molecule has 0 aromatic carbocycles. The van der Waals surface area contributed by atoms with Crippen LogP contribution in [0.3, 0.4) is 0 Å². The van der Waals surface area contributed by atoms with Gasteiger partial charge in [-0.05, 0) is 6.54 Å². The number of rotatable bonds is 2. The Labute approximate surface area is 77.9 Å². The highest BCUT2D eigenvalue weighted by Crippen LogP contribution is 2.05. The molecule has 1 atom stereocenters. The van der Waals surface area contributed by atoms with Crippen molar-refractivity contribution in [2.45, 2.75) is 13.0 Å². The average Bonchev–Trinajstić information content (AvgIpc) is 2.04. The third-order valence-corrected chi connectivity index (χ3v) is 1.93. The minimum absolute atomic E-state index is 0. The molecule has 0 spiro atoms. The number of carboxylic acid groups (broad SMARTS) is 1. The van der Waals surface area contributed by atoms with Crippen LogP contribution in [0, 0.1) is 0 Å². The van der Waals surface area contributed by atoms with Gasteiger partial charge >= 0.3 is 5.97 Å². The molecule has 1 rings (SSSR count). The number of hydrogen-bond acceptors (Lipinski definition) is 3. The normalized spacial score (nSPS) is 24.6. The molecule has 0 amide bonds. The van der Waals surface area contributed by atoms with Gasteiger partial charge in [0.25, 0.3) is 0 Å². The molecular weight excluding hydrogens is 182 g/mol. The van der Waals surface area contributed by atoms with E-state index in [2.05, 4.69) is 0 Å². The van der Waals surface area contributed by atoms with Crippen LogP contribution in [-0.2, 0) is 9.53 Å². The Hall–Kier alpha value is -0.320. The Morgan fingerprint density at radius 1 is 1.75 bits per heavy atom. The fourth-order valence-corrected chi connectivity index (χ4v) is 1.24. The Bertz CT molecular complexity index is 154. The van der Waals surface area contributed by atoms with Crippen molar-refractivity contribution in [1.29, 1.82) is 0 Å². The molecule has 1 heterocycles. The number of hydrogen-bond donors (Lipinski definition) is 1. The largest absolute Gasteiger partial charge is 0.480 e. The van der Waals surface area contributed by atoms with Gasteiger partial charge in [-0.25, -0.2) is 0 Å². The Morgan fingerprint density at radius 2 is 2.42 bits per heavy atom. The molecule has 1 saturated heterocycles. The standard InChI is InChI=1S/C7H13NO3.ClH/c1-2-8-3-4-11-5-6(8)7(9)10;/h6H,2-5H2,1H3,(H,9,10);1H. The Kier molecular flexibility index (Phi) is 5.20. The molecule has 4 nitrogen and oxygen atoms in total. The molecule has 12 heavy (non-hydrogen) atoms. The molecule has 1 aliphatic rings. The SMILES string of the molecule is CCN1CCOCC1C(=O)O.Cl. The maximum Gasteiger partial charge on any atom is 0.323 e. The molecule has 0 radical (unpaired) electrons. The van der Waals surface area contributed by atoms with Gasteiger partial charge in [0.05, 0.1) is 13.2 Å². The Balaban J connectivity index is 0.00000121. The summed E-state index contributed by atoms with van der Waals surface area (Å²) < 4.78 is 5.05. The third-order valence-electron chi connectivity index (χ3n) is 1.93. The second kappa shape index (κ2) is 5.35. The van der Waals surface area contributed by atoms with E-state index in [4.69, 9.17) is 9.84 Å².